The number of nitriles is 1. The number of halogens is 3. The molecule has 0 atom stereocenters. The lowest BCUT2D eigenvalue weighted by Crippen LogP contribution is -1.94. The third-order valence-corrected chi connectivity index (χ3v) is 3.76. The molecule has 5 heteroatoms. The number of rotatable bonds is 2. The third kappa shape index (κ3) is 2.84. The average Bonchev–Trinajstić information content (AvgIpc) is 2.34. The molecule has 0 spiro atoms. The summed E-state index contributed by atoms with van der Waals surface area (Å²) in [5.41, 5.74) is 2.17. The molecular formula is C13H7BrCl2N2. The number of aromatic nitrogens is 1. The normalized spacial score (nSPS) is 10.1. The molecule has 0 radical (unpaired) electrons. The van der Waals surface area contributed by atoms with Crippen molar-refractivity contribution in [3.05, 3.63) is 61.8 Å². The third-order valence-electron chi connectivity index (χ3n) is 2.45. The summed E-state index contributed by atoms with van der Waals surface area (Å²) >= 11 is 15.5. The van der Waals surface area contributed by atoms with E-state index in [2.05, 4.69) is 20.9 Å². The van der Waals surface area contributed by atoms with Gasteiger partial charge < -0.3 is 0 Å². The highest BCUT2D eigenvalue weighted by molar-refractivity contribution is 9.10. The van der Waals surface area contributed by atoms with Crippen LogP contribution < -0.4 is 0 Å². The molecule has 0 amide bonds. The number of benzene rings is 1. The van der Waals surface area contributed by atoms with Crippen LogP contribution in [-0.4, -0.2) is 4.98 Å². The molecule has 0 aliphatic carbocycles. The summed E-state index contributed by atoms with van der Waals surface area (Å²) in [5, 5.41) is 10.1. The topological polar surface area (TPSA) is 36.7 Å². The molecule has 2 aromatic rings. The molecule has 2 rings (SSSR count). The first kappa shape index (κ1) is 13.4. The molecule has 0 bridgehead atoms. The lowest BCUT2D eigenvalue weighted by atomic mass is 10.1. The van der Waals surface area contributed by atoms with Crippen LogP contribution in [0.3, 0.4) is 0 Å². The zero-order chi connectivity index (χ0) is 13.1. The van der Waals surface area contributed by atoms with Crippen molar-refractivity contribution in [2.24, 2.45) is 0 Å². The average molecular weight is 342 g/mol. The highest BCUT2D eigenvalue weighted by Gasteiger charge is 2.08. The van der Waals surface area contributed by atoms with Crippen LogP contribution in [0, 0.1) is 11.3 Å². The molecule has 0 aliphatic heterocycles. The quantitative estimate of drug-likeness (QED) is 0.799. The summed E-state index contributed by atoms with van der Waals surface area (Å²) in [6, 6.07) is 9.26. The lowest BCUT2D eigenvalue weighted by Gasteiger charge is -2.07. The van der Waals surface area contributed by atoms with Gasteiger partial charge in [0.25, 0.3) is 0 Å². The fraction of sp³-hybridized carbons (Fsp3) is 0.0769. The van der Waals surface area contributed by atoms with Crippen LogP contribution in [0.5, 0.6) is 0 Å². The Bertz CT molecular complexity index is 615. The van der Waals surface area contributed by atoms with Gasteiger partial charge in [-0.1, -0.05) is 29.3 Å². The number of hydrogen-bond donors (Lipinski definition) is 0. The second kappa shape index (κ2) is 5.71. The van der Waals surface area contributed by atoms with Crippen molar-refractivity contribution in [2.45, 2.75) is 6.42 Å². The molecule has 0 saturated heterocycles. The highest BCUT2D eigenvalue weighted by Crippen LogP contribution is 2.27. The van der Waals surface area contributed by atoms with Gasteiger partial charge in [0.1, 0.15) is 6.07 Å². The van der Waals surface area contributed by atoms with Crippen molar-refractivity contribution in [1.82, 2.24) is 4.98 Å². The van der Waals surface area contributed by atoms with Crippen LogP contribution in [0.4, 0.5) is 0 Å². The van der Waals surface area contributed by atoms with Gasteiger partial charge in [0, 0.05) is 22.7 Å². The van der Waals surface area contributed by atoms with Crippen molar-refractivity contribution < 1.29 is 0 Å². The number of nitrogens with zero attached hydrogens (tertiary/aromatic N) is 2. The molecule has 0 aliphatic rings. The molecule has 1 aromatic carbocycles. The maximum Gasteiger partial charge on any atom is 0.154 e. The molecule has 1 aromatic heterocycles. The van der Waals surface area contributed by atoms with Crippen LogP contribution in [0.25, 0.3) is 0 Å². The van der Waals surface area contributed by atoms with Gasteiger partial charge in [0.2, 0.25) is 0 Å². The molecule has 1 heterocycles. The van der Waals surface area contributed by atoms with Gasteiger partial charge in [-0.2, -0.15) is 5.26 Å². The van der Waals surface area contributed by atoms with Crippen LogP contribution in [0.2, 0.25) is 10.0 Å². The predicted molar refractivity (Wildman–Crippen MR) is 75.9 cm³/mol. The van der Waals surface area contributed by atoms with Gasteiger partial charge in [0.15, 0.2) is 5.69 Å². The summed E-state index contributed by atoms with van der Waals surface area (Å²) < 4.78 is 0.672. The molecule has 0 saturated carbocycles. The molecule has 18 heavy (non-hydrogen) atoms. The molecule has 0 N–H and O–H groups in total. The zero-order valence-corrected chi connectivity index (χ0v) is 12.2. The summed E-state index contributed by atoms with van der Waals surface area (Å²) in [6.45, 7) is 0. The van der Waals surface area contributed by atoms with E-state index in [9.17, 15) is 0 Å². The van der Waals surface area contributed by atoms with Crippen molar-refractivity contribution in [3.8, 4) is 6.07 Å². The fourth-order valence-corrected chi connectivity index (χ4v) is 2.58. The van der Waals surface area contributed by atoms with Gasteiger partial charge in [0.05, 0.1) is 4.47 Å². The summed E-state index contributed by atoms with van der Waals surface area (Å²) in [4.78, 5) is 4.06. The fourth-order valence-electron chi connectivity index (χ4n) is 1.56. The molecule has 0 unspecified atom stereocenters. The molecule has 90 valence electrons. The van der Waals surface area contributed by atoms with E-state index < -0.39 is 0 Å². The van der Waals surface area contributed by atoms with Crippen molar-refractivity contribution in [3.63, 3.8) is 0 Å². The number of pyridine rings is 1. The Labute approximate surface area is 123 Å². The van der Waals surface area contributed by atoms with E-state index >= 15 is 0 Å². The first-order valence-electron chi connectivity index (χ1n) is 5.09. The van der Waals surface area contributed by atoms with Gasteiger partial charge in [-0.05, 0) is 45.3 Å². The predicted octanol–water partition coefficient (Wildman–Crippen LogP) is 4.61. The van der Waals surface area contributed by atoms with Crippen molar-refractivity contribution in [1.29, 1.82) is 5.26 Å². The first-order chi connectivity index (χ1) is 8.61. The zero-order valence-electron chi connectivity index (χ0n) is 9.12. The minimum Gasteiger partial charge on any atom is -0.244 e. The van der Waals surface area contributed by atoms with E-state index in [0.29, 0.717) is 26.6 Å². The van der Waals surface area contributed by atoms with E-state index in [0.717, 1.165) is 11.1 Å². The minimum absolute atomic E-state index is 0.365. The van der Waals surface area contributed by atoms with Gasteiger partial charge in [-0.25, -0.2) is 4.98 Å². The van der Waals surface area contributed by atoms with Gasteiger partial charge in [-0.3, -0.25) is 0 Å². The van der Waals surface area contributed by atoms with Crippen LogP contribution in [0.1, 0.15) is 16.8 Å². The Morgan fingerprint density at radius 2 is 1.94 bits per heavy atom. The monoisotopic (exact) mass is 340 g/mol. The largest absolute Gasteiger partial charge is 0.244 e. The molecular weight excluding hydrogens is 335 g/mol. The van der Waals surface area contributed by atoms with Gasteiger partial charge >= 0.3 is 0 Å². The summed E-state index contributed by atoms with van der Waals surface area (Å²) in [7, 11) is 0. The van der Waals surface area contributed by atoms with Crippen molar-refractivity contribution in [2.75, 3.05) is 0 Å². The van der Waals surface area contributed by atoms with E-state index in [1.165, 1.54) is 0 Å². The molecule has 2 nitrogen and oxygen atoms in total. The van der Waals surface area contributed by atoms with Crippen LogP contribution in [-0.2, 0) is 6.42 Å². The van der Waals surface area contributed by atoms with Crippen LogP contribution >= 0.6 is 39.1 Å². The Morgan fingerprint density at radius 1 is 1.28 bits per heavy atom. The summed E-state index contributed by atoms with van der Waals surface area (Å²) in [5.74, 6) is 0. The Kier molecular flexibility index (Phi) is 4.23. The smallest absolute Gasteiger partial charge is 0.154 e. The van der Waals surface area contributed by atoms with E-state index in [1.807, 2.05) is 12.1 Å². The van der Waals surface area contributed by atoms with Crippen LogP contribution in [0.15, 0.2) is 34.9 Å². The maximum atomic E-state index is 8.80. The Hall–Kier alpha value is -1.08. The minimum atomic E-state index is 0.365. The Balaban J connectivity index is 2.35. The van der Waals surface area contributed by atoms with E-state index in [4.69, 9.17) is 28.5 Å². The van der Waals surface area contributed by atoms with E-state index in [-0.39, 0.29) is 0 Å². The second-order valence-electron chi connectivity index (χ2n) is 3.66. The lowest BCUT2D eigenvalue weighted by molar-refractivity contribution is 1.12. The maximum absolute atomic E-state index is 8.80. The Morgan fingerprint density at radius 3 is 2.50 bits per heavy atom. The van der Waals surface area contributed by atoms with Crippen molar-refractivity contribution >= 4 is 39.1 Å². The SMILES string of the molecule is N#Cc1ncc(Cc2c(Cl)cccc2Cl)cc1Br. The first-order valence-corrected chi connectivity index (χ1v) is 6.64. The number of hydrogen-bond acceptors (Lipinski definition) is 2. The standard InChI is InChI=1S/C13H7BrCl2N2/c14-10-5-8(7-18-13(10)6-17)4-9-11(15)2-1-3-12(9)16/h1-3,5,7H,4H2. The van der Waals surface area contributed by atoms with Gasteiger partial charge in [-0.15, -0.1) is 0 Å². The summed E-state index contributed by atoms with van der Waals surface area (Å²) in [6.07, 6.45) is 2.23. The van der Waals surface area contributed by atoms with E-state index in [1.54, 1.807) is 24.4 Å². The molecule has 0 fully saturated rings. The highest BCUT2D eigenvalue weighted by atomic mass is 79.9. The second-order valence-corrected chi connectivity index (χ2v) is 5.33.